The molecule has 0 atom stereocenters. The summed E-state index contributed by atoms with van der Waals surface area (Å²) in [7, 11) is 0. The average Bonchev–Trinajstić information content (AvgIpc) is 2.38. The van der Waals surface area contributed by atoms with Crippen LogP contribution in [0.15, 0.2) is 6.07 Å². The highest BCUT2D eigenvalue weighted by molar-refractivity contribution is 7.80. The zero-order valence-electron chi connectivity index (χ0n) is 11.0. The molecule has 1 aliphatic carbocycles. The van der Waals surface area contributed by atoms with Crippen molar-refractivity contribution in [3.05, 3.63) is 28.3 Å². The second-order valence-corrected chi connectivity index (χ2v) is 5.47. The molecule has 0 heterocycles. The highest BCUT2D eigenvalue weighted by atomic mass is 32.1. The topological polar surface area (TPSA) is 46.2 Å². The van der Waals surface area contributed by atoms with Crippen molar-refractivity contribution in [2.45, 2.75) is 52.0 Å². The van der Waals surface area contributed by atoms with Gasteiger partial charge in [0.15, 0.2) is 0 Å². The van der Waals surface area contributed by atoms with E-state index < -0.39 is 0 Å². The molecule has 1 aromatic rings. The molecule has 0 radical (unpaired) electrons. The second kappa shape index (κ2) is 5.81. The van der Waals surface area contributed by atoms with Crippen molar-refractivity contribution < 1.29 is 5.11 Å². The van der Waals surface area contributed by atoms with Gasteiger partial charge in [-0.1, -0.05) is 25.6 Å². The first-order valence-corrected chi connectivity index (χ1v) is 7.19. The number of nitrogens with two attached hydrogens (primary N) is 1. The molecule has 1 aliphatic rings. The highest BCUT2D eigenvalue weighted by Crippen LogP contribution is 2.34. The van der Waals surface area contributed by atoms with E-state index in [2.05, 4.69) is 13.0 Å². The lowest BCUT2D eigenvalue weighted by Gasteiger charge is -2.22. The van der Waals surface area contributed by atoms with Crippen LogP contribution < -0.4 is 5.73 Å². The van der Waals surface area contributed by atoms with Crippen molar-refractivity contribution in [1.82, 2.24) is 0 Å². The molecule has 0 aliphatic heterocycles. The van der Waals surface area contributed by atoms with Crippen molar-refractivity contribution >= 4 is 17.1 Å². The van der Waals surface area contributed by atoms with Crippen molar-refractivity contribution in [2.24, 2.45) is 5.73 Å². The van der Waals surface area contributed by atoms with E-state index in [4.69, 9.17) is 18.0 Å². The first kappa shape index (κ1) is 13.5. The van der Waals surface area contributed by atoms with Gasteiger partial charge in [-0.25, -0.2) is 0 Å². The monoisotopic (exact) mass is 263 g/mol. The largest absolute Gasteiger partial charge is 0.507 e. The average molecular weight is 263 g/mol. The Morgan fingerprint density at radius 3 is 2.78 bits per heavy atom. The molecule has 0 amide bonds. The third-order valence-corrected chi connectivity index (χ3v) is 4.14. The molecule has 0 fully saturated rings. The molecule has 0 bridgehead atoms. The number of benzene rings is 1. The molecule has 0 saturated heterocycles. The molecule has 2 nitrogen and oxygen atoms in total. The van der Waals surface area contributed by atoms with Crippen molar-refractivity contribution in [1.29, 1.82) is 0 Å². The maximum absolute atomic E-state index is 10.4. The summed E-state index contributed by atoms with van der Waals surface area (Å²) in [5.74, 6) is 0.330. The molecular weight excluding hydrogens is 242 g/mol. The van der Waals surface area contributed by atoms with Gasteiger partial charge >= 0.3 is 0 Å². The Labute approximate surface area is 114 Å². The number of hydrogen-bond acceptors (Lipinski definition) is 3. The lowest BCUT2D eigenvalue weighted by Crippen LogP contribution is -2.13. The third-order valence-electron chi connectivity index (χ3n) is 3.72. The van der Waals surface area contributed by atoms with Gasteiger partial charge in [-0.05, 0) is 49.3 Å². The Morgan fingerprint density at radius 2 is 2.11 bits per heavy atom. The molecule has 3 heteroatoms. The van der Waals surface area contributed by atoms with Crippen LogP contribution in [0, 0.1) is 0 Å². The van der Waals surface area contributed by atoms with Crippen molar-refractivity contribution in [3.8, 4) is 5.75 Å². The van der Waals surface area contributed by atoms with Crippen LogP contribution >= 0.6 is 12.2 Å². The predicted molar refractivity (Wildman–Crippen MR) is 79.2 cm³/mol. The smallest absolute Gasteiger partial charge is 0.128 e. The van der Waals surface area contributed by atoms with E-state index in [-0.39, 0.29) is 0 Å². The zero-order chi connectivity index (χ0) is 13.1. The van der Waals surface area contributed by atoms with Crippen LogP contribution in [-0.4, -0.2) is 9.97 Å². The van der Waals surface area contributed by atoms with Gasteiger partial charge in [-0.3, -0.25) is 0 Å². The minimum Gasteiger partial charge on any atom is -0.507 e. The second-order valence-electron chi connectivity index (χ2n) is 4.97. The number of aryl methyl sites for hydroxylation is 1. The normalized spacial score (nSPS) is 14.3. The van der Waals surface area contributed by atoms with Crippen LogP contribution in [0.2, 0.25) is 0 Å². The van der Waals surface area contributed by atoms with Crippen molar-refractivity contribution in [3.63, 3.8) is 0 Å². The molecule has 3 N–H and O–H groups in total. The Hall–Kier alpha value is -0.930. The molecule has 0 spiro atoms. The Morgan fingerprint density at radius 1 is 1.39 bits per heavy atom. The quantitative estimate of drug-likeness (QED) is 0.647. The van der Waals surface area contributed by atoms with Crippen LogP contribution in [0.1, 0.15) is 54.9 Å². The zero-order valence-corrected chi connectivity index (χ0v) is 11.8. The number of phenols is 1. The van der Waals surface area contributed by atoms with E-state index in [1.807, 2.05) is 0 Å². The molecule has 1 aromatic carbocycles. The van der Waals surface area contributed by atoms with E-state index in [9.17, 15) is 5.11 Å². The highest BCUT2D eigenvalue weighted by Gasteiger charge is 2.20. The SMILES string of the molecule is CCCC(=S)c1cc2c(c(CN)c1O)CCCC2. The molecule has 0 saturated carbocycles. The van der Waals surface area contributed by atoms with Crippen LogP contribution in [0.3, 0.4) is 0 Å². The fourth-order valence-electron chi connectivity index (χ4n) is 2.77. The summed E-state index contributed by atoms with van der Waals surface area (Å²) in [5, 5.41) is 10.4. The molecular formula is C15H21NOS. The predicted octanol–water partition coefficient (Wildman–Crippen LogP) is 3.25. The van der Waals surface area contributed by atoms with Crippen molar-refractivity contribution in [2.75, 3.05) is 0 Å². The lowest BCUT2D eigenvalue weighted by molar-refractivity contribution is 0.464. The van der Waals surface area contributed by atoms with E-state index in [0.717, 1.165) is 41.7 Å². The van der Waals surface area contributed by atoms with Gasteiger partial charge in [-0.2, -0.15) is 0 Å². The maximum atomic E-state index is 10.4. The number of rotatable bonds is 4. The summed E-state index contributed by atoms with van der Waals surface area (Å²) >= 11 is 5.42. The molecule has 0 unspecified atom stereocenters. The Bertz CT molecular complexity index is 468. The molecule has 98 valence electrons. The number of hydrogen-bond donors (Lipinski definition) is 2. The molecule has 0 aromatic heterocycles. The van der Waals surface area contributed by atoms with Gasteiger partial charge in [0, 0.05) is 22.5 Å². The summed E-state index contributed by atoms with van der Waals surface area (Å²) in [4.78, 5) is 0.859. The fraction of sp³-hybridized carbons (Fsp3) is 0.533. The summed E-state index contributed by atoms with van der Waals surface area (Å²) in [6.07, 6.45) is 6.40. The minimum atomic E-state index is 0.330. The van der Waals surface area contributed by atoms with Gasteiger partial charge in [0.05, 0.1) is 0 Å². The summed E-state index contributed by atoms with van der Waals surface area (Å²) in [6.45, 7) is 2.50. The lowest BCUT2D eigenvalue weighted by atomic mass is 9.85. The maximum Gasteiger partial charge on any atom is 0.128 e. The van der Waals surface area contributed by atoms with Crippen LogP contribution in [0.5, 0.6) is 5.75 Å². The minimum absolute atomic E-state index is 0.330. The number of phenolic OH excluding ortho intramolecular Hbond substituents is 1. The van der Waals surface area contributed by atoms with Gasteiger partial charge in [0.1, 0.15) is 5.75 Å². The fourth-order valence-corrected chi connectivity index (χ4v) is 3.13. The number of thiocarbonyl (C=S) groups is 1. The van der Waals surface area contributed by atoms with Gasteiger partial charge in [0.2, 0.25) is 0 Å². The summed E-state index contributed by atoms with van der Waals surface area (Å²) in [6, 6.07) is 2.10. The Balaban J connectivity index is 2.51. The van der Waals surface area contributed by atoms with Gasteiger partial charge in [0.25, 0.3) is 0 Å². The van der Waals surface area contributed by atoms with Crippen LogP contribution in [0.25, 0.3) is 0 Å². The first-order chi connectivity index (χ1) is 8.69. The molecule has 2 rings (SSSR count). The Kier molecular flexibility index (Phi) is 4.36. The number of fused-ring (bicyclic) bond motifs is 1. The first-order valence-electron chi connectivity index (χ1n) is 6.78. The third kappa shape index (κ3) is 2.43. The van der Waals surface area contributed by atoms with Gasteiger partial charge in [-0.15, -0.1) is 0 Å². The standard InChI is InChI=1S/C15H21NOS/c1-2-5-14(18)12-8-10-6-3-4-7-11(10)13(9-16)15(12)17/h8,17H,2-7,9,16H2,1H3. The molecule has 18 heavy (non-hydrogen) atoms. The van der Waals surface area contributed by atoms with Gasteiger partial charge < -0.3 is 10.8 Å². The van der Waals surface area contributed by atoms with E-state index in [0.29, 0.717) is 12.3 Å². The van der Waals surface area contributed by atoms with Crippen LogP contribution in [-0.2, 0) is 19.4 Å². The number of aromatic hydroxyl groups is 1. The summed E-state index contributed by atoms with van der Waals surface area (Å²) < 4.78 is 0. The van der Waals surface area contributed by atoms with Crippen LogP contribution in [0.4, 0.5) is 0 Å². The van der Waals surface area contributed by atoms with E-state index in [1.165, 1.54) is 24.0 Å². The summed E-state index contributed by atoms with van der Waals surface area (Å²) in [5.41, 5.74) is 10.2. The van der Waals surface area contributed by atoms with E-state index >= 15 is 0 Å². The van der Waals surface area contributed by atoms with E-state index in [1.54, 1.807) is 0 Å².